The lowest BCUT2D eigenvalue weighted by molar-refractivity contribution is -0.384. The molecule has 0 spiro atoms. The summed E-state index contributed by atoms with van der Waals surface area (Å²) < 4.78 is 35.0. The Labute approximate surface area is 108 Å². The van der Waals surface area contributed by atoms with E-state index in [0.717, 1.165) is 0 Å². The van der Waals surface area contributed by atoms with Crippen LogP contribution in [0.4, 0.5) is 11.4 Å². The number of hydrogen-bond acceptors (Lipinski definition) is 4. The van der Waals surface area contributed by atoms with Crippen LogP contribution < -0.4 is 5.32 Å². The van der Waals surface area contributed by atoms with Gasteiger partial charge in [0.15, 0.2) is 0 Å². The first kappa shape index (κ1) is 8.43. The summed E-state index contributed by atoms with van der Waals surface area (Å²) in [7, 11) is 0. The fraction of sp³-hybridized carbons (Fsp3) is 0.300. The molecule has 0 heterocycles. The lowest BCUT2D eigenvalue weighted by Crippen LogP contribution is -2.18. The van der Waals surface area contributed by atoms with Crippen molar-refractivity contribution in [3.8, 4) is 0 Å². The quantitative estimate of drug-likeness (QED) is 0.367. The Balaban J connectivity index is 3.09. The van der Waals surface area contributed by atoms with Crippen LogP contribution in [0.15, 0.2) is 24.2 Å². The monoisotopic (exact) mass is 262 g/mol. The van der Waals surface area contributed by atoms with Crippen LogP contribution >= 0.6 is 11.6 Å². The summed E-state index contributed by atoms with van der Waals surface area (Å²) in [6.45, 7) is -0.257. The largest absolute Gasteiger partial charge is 0.370 e. The van der Waals surface area contributed by atoms with E-state index in [1.54, 1.807) is 0 Å². The van der Waals surface area contributed by atoms with Crippen LogP contribution in [0.3, 0.4) is 0 Å². The van der Waals surface area contributed by atoms with Gasteiger partial charge < -0.3 is 10.1 Å². The van der Waals surface area contributed by atoms with Crippen molar-refractivity contribution >= 4 is 28.9 Å². The van der Waals surface area contributed by atoms with Crippen LogP contribution in [0.25, 0.3) is 0 Å². The van der Waals surface area contributed by atoms with Gasteiger partial charge in [-0.25, -0.2) is 0 Å². The molecule has 0 aliphatic rings. The molecule has 1 N–H and O–H groups in total. The molecule has 0 unspecified atom stereocenters. The summed E-state index contributed by atoms with van der Waals surface area (Å²) in [6.07, 6.45) is 0. The van der Waals surface area contributed by atoms with Gasteiger partial charge in [-0.3, -0.25) is 14.9 Å². The third-order valence-electron chi connectivity index (χ3n) is 1.51. The minimum absolute atomic E-state index is 0.129. The van der Waals surface area contributed by atoms with E-state index in [-0.39, 0.29) is 19.1 Å². The molecule has 1 rings (SSSR count). The zero-order chi connectivity index (χ0) is 16.2. The number of nitro benzene ring substituents is 1. The fourth-order valence-electron chi connectivity index (χ4n) is 0.855. The van der Waals surface area contributed by atoms with Gasteiger partial charge in [-0.2, -0.15) is 0 Å². The van der Waals surface area contributed by atoms with Crippen LogP contribution in [0.5, 0.6) is 0 Å². The van der Waals surface area contributed by atoms with Crippen molar-refractivity contribution in [1.82, 2.24) is 0 Å². The molecule has 17 heavy (non-hydrogen) atoms. The standard InChI is InChI=1S/C10H11ClN2O4/c11-5-6-17-7-10(14)12-8-1-3-9(4-2-8)13(15)16/h1-4H,5-7H2,(H,12,14)/i1D,2D,3D,4D. The van der Waals surface area contributed by atoms with Crippen LogP contribution in [-0.2, 0) is 9.53 Å². The van der Waals surface area contributed by atoms with E-state index in [0.29, 0.717) is 0 Å². The van der Waals surface area contributed by atoms with Crippen molar-refractivity contribution in [3.05, 3.63) is 34.3 Å². The maximum absolute atomic E-state index is 11.5. The van der Waals surface area contributed by atoms with Crippen molar-refractivity contribution in [2.24, 2.45) is 0 Å². The minimum Gasteiger partial charge on any atom is -0.370 e. The van der Waals surface area contributed by atoms with E-state index < -0.39 is 46.4 Å². The summed E-state index contributed by atoms with van der Waals surface area (Å²) in [5, 5.41) is 12.9. The average Bonchev–Trinajstić information content (AvgIpc) is 2.41. The summed E-state index contributed by atoms with van der Waals surface area (Å²) in [5.41, 5.74) is -1.38. The molecule has 6 nitrogen and oxygen atoms in total. The lowest BCUT2D eigenvalue weighted by Gasteiger charge is -2.04. The first-order chi connectivity index (χ1) is 9.81. The number of nitrogens with zero attached hydrogens (tertiary/aromatic N) is 1. The first-order valence-corrected chi connectivity index (χ1v) is 5.03. The molecule has 1 amide bonds. The normalized spacial score (nSPS) is 13.2. The number of carbonyl (C=O) groups excluding carboxylic acids is 1. The number of hydrogen-bond donors (Lipinski definition) is 1. The highest BCUT2D eigenvalue weighted by Crippen LogP contribution is 2.15. The average molecular weight is 263 g/mol. The Morgan fingerprint density at radius 2 is 2.18 bits per heavy atom. The molecule has 92 valence electrons. The van der Waals surface area contributed by atoms with E-state index in [9.17, 15) is 14.9 Å². The molecule has 0 aliphatic heterocycles. The number of benzene rings is 1. The zero-order valence-electron chi connectivity index (χ0n) is 12.6. The van der Waals surface area contributed by atoms with E-state index in [1.807, 2.05) is 0 Å². The number of anilines is 1. The highest BCUT2D eigenvalue weighted by atomic mass is 35.5. The summed E-state index contributed by atoms with van der Waals surface area (Å²) >= 11 is 5.35. The molecule has 0 fully saturated rings. The summed E-state index contributed by atoms with van der Waals surface area (Å²) in [6, 6.07) is -3.07. The molecule has 0 radical (unpaired) electrons. The third-order valence-corrected chi connectivity index (χ3v) is 1.67. The maximum atomic E-state index is 11.5. The molecule has 1 aromatic rings. The highest BCUT2D eigenvalue weighted by Gasteiger charge is 2.06. The Kier molecular flexibility index (Phi) is 3.38. The summed E-state index contributed by atoms with van der Waals surface area (Å²) in [5.74, 6) is -0.527. The van der Waals surface area contributed by atoms with Gasteiger partial charge >= 0.3 is 0 Å². The molecule has 0 saturated heterocycles. The summed E-state index contributed by atoms with van der Waals surface area (Å²) in [4.78, 5) is 21.3. The van der Waals surface area contributed by atoms with E-state index in [1.165, 1.54) is 0 Å². The van der Waals surface area contributed by atoms with Crippen molar-refractivity contribution in [1.29, 1.82) is 0 Å². The number of rotatable bonds is 6. The van der Waals surface area contributed by atoms with Crippen LogP contribution in [0, 0.1) is 10.1 Å². The predicted molar refractivity (Wildman–Crippen MR) is 63.3 cm³/mol. The van der Waals surface area contributed by atoms with Gasteiger partial charge in [0.05, 0.1) is 17.0 Å². The van der Waals surface area contributed by atoms with Gasteiger partial charge in [-0.15, -0.1) is 11.6 Å². The number of carbonyl (C=O) groups is 1. The minimum atomic E-state index is -1.00. The van der Waals surface area contributed by atoms with Gasteiger partial charge in [-0.1, -0.05) is 0 Å². The number of nitro groups is 1. The van der Waals surface area contributed by atoms with Crippen molar-refractivity contribution in [2.75, 3.05) is 24.4 Å². The van der Waals surface area contributed by atoms with Gasteiger partial charge in [0.2, 0.25) is 5.91 Å². The van der Waals surface area contributed by atoms with Crippen LogP contribution in [0.1, 0.15) is 5.48 Å². The van der Waals surface area contributed by atoms with E-state index in [4.69, 9.17) is 21.8 Å². The van der Waals surface area contributed by atoms with E-state index in [2.05, 4.69) is 5.32 Å². The molecule has 0 aromatic heterocycles. The molecule has 0 atom stereocenters. The van der Waals surface area contributed by atoms with Gasteiger partial charge in [0.25, 0.3) is 5.69 Å². The van der Waals surface area contributed by atoms with Crippen molar-refractivity contribution in [2.45, 2.75) is 0 Å². The van der Waals surface area contributed by atoms with Gasteiger partial charge in [-0.05, 0) is 12.1 Å². The molecule has 0 bridgehead atoms. The lowest BCUT2D eigenvalue weighted by atomic mass is 10.3. The van der Waals surface area contributed by atoms with Crippen LogP contribution in [-0.4, -0.2) is 29.9 Å². The van der Waals surface area contributed by atoms with Crippen LogP contribution in [0.2, 0.25) is 0 Å². The van der Waals surface area contributed by atoms with Crippen molar-refractivity contribution in [3.63, 3.8) is 0 Å². The SMILES string of the molecule is [2H]c1c([2H])c([N+](=O)[O-])c([2H])c([2H])c1NC(=O)COCCCl. The fourth-order valence-corrected chi connectivity index (χ4v) is 0.964. The molecule has 0 saturated carbocycles. The Morgan fingerprint density at radius 1 is 1.53 bits per heavy atom. The molecular formula is C10H11ClN2O4. The maximum Gasteiger partial charge on any atom is 0.269 e. The number of alkyl halides is 1. The smallest absolute Gasteiger partial charge is 0.269 e. The third kappa shape index (κ3) is 4.80. The molecule has 7 heteroatoms. The zero-order valence-corrected chi connectivity index (χ0v) is 9.34. The molecular weight excluding hydrogens is 248 g/mol. The second kappa shape index (κ2) is 6.82. The molecule has 0 aliphatic carbocycles. The number of halogens is 1. The van der Waals surface area contributed by atoms with Gasteiger partial charge in [0.1, 0.15) is 6.61 Å². The Hall–Kier alpha value is -1.66. The van der Waals surface area contributed by atoms with Gasteiger partial charge in [0, 0.05) is 23.7 Å². The highest BCUT2D eigenvalue weighted by molar-refractivity contribution is 6.17. The Bertz CT molecular complexity index is 556. The second-order valence-corrected chi connectivity index (χ2v) is 3.15. The molecule has 1 aromatic carbocycles. The van der Waals surface area contributed by atoms with Crippen molar-refractivity contribution < 1.29 is 19.9 Å². The number of amides is 1. The topological polar surface area (TPSA) is 81.5 Å². The Morgan fingerprint density at radius 3 is 2.71 bits per heavy atom. The predicted octanol–water partition coefficient (Wildman–Crippen LogP) is 1.79. The van der Waals surface area contributed by atoms with E-state index >= 15 is 0 Å². The number of nitrogens with one attached hydrogen (secondary N) is 1. The number of ether oxygens (including phenoxy) is 1. The second-order valence-electron chi connectivity index (χ2n) is 2.77. The first-order valence-electron chi connectivity index (χ1n) is 6.49.